The van der Waals surface area contributed by atoms with Gasteiger partial charge in [-0.25, -0.2) is 27.3 Å². The van der Waals surface area contributed by atoms with Gasteiger partial charge in [0.25, 0.3) is 0 Å². The van der Waals surface area contributed by atoms with Gasteiger partial charge in [-0.05, 0) is 6.92 Å². The maximum absolute atomic E-state index is 15.7. The van der Waals surface area contributed by atoms with E-state index in [1.54, 1.807) is 5.92 Å². The first-order chi connectivity index (χ1) is 15.6. The molecule has 0 bridgehead atoms. The number of nitrogens with two attached hydrogens (primary N) is 1. The average molecular weight is 543 g/mol. The zero-order valence-electron chi connectivity index (χ0n) is 17.9. The van der Waals surface area contributed by atoms with Crippen molar-refractivity contribution in [1.29, 1.82) is 0 Å². The fourth-order valence-electron chi connectivity index (χ4n) is 2.41. The number of hydrogen-bond acceptors (Lipinski definition) is 11. The Bertz CT molecular complexity index is 1270. The van der Waals surface area contributed by atoms with Gasteiger partial charge in [0.05, 0.1) is 15.5 Å². The third kappa shape index (κ3) is 6.74. The fraction of sp³-hybridized carbons (Fsp3) is 0.500. The fourth-order valence-corrected chi connectivity index (χ4v) is 5.28. The van der Waals surface area contributed by atoms with Crippen LogP contribution in [0.4, 0.5) is 14.6 Å². The predicted molar refractivity (Wildman–Crippen MR) is 99.9 cm³/mol. The summed E-state index contributed by atoms with van der Waals surface area (Å²) in [5, 5.41) is 10.4. The van der Waals surface area contributed by atoms with Crippen LogP contribution in [0.25, 0.3) is 0 Å². The van der Waals surface area contributed by atoms with Crippen molar-refractivity contribution in [2.45, 2.75) is 31.0 Å². The first kappa shape index (κ1) is 24.6. The maximum atomic E-state index is 15.7. The van der Waals surface area contributed by atoms with Crippen molar-refractivity contribution in [1.82, 2.24) is 9.55 Å². The summed E-state index contributed by atoms with van der Waals surface area (Å²) >= 11 is 0. The highest BCUT2D eigenvalue weighted by atomic mass is 31.3. The molecule has 1 aromatic heterocycles. The van der Waals surface area contributed by atoms with Gasteiger partial charge in [-0.2, -0.15) is 13.6 Å². The topological polar surface area (TPSA) is 250 Å². The molecule has 0 spiro atoms. The monoisotopic (exact) mass is 543 g/mol. The van der Waals surface area contributed by atoms with Crippen molar-refractivity contribution < 1.29 is 67.8 Å². The molecule has 2 rings (SSSR count). The van der Waals surface area contributed by atoms with Gasteiger partial charge in [0, 0.05) is 0 Å². The van der Waals surface area contributed by atoms with E-state index in [-0.39, 0.29) is 4.57 Å². The molecule has 0 aromatic carbocycles. The second kappa shape index (κ2) is 9.59. The molecule has 21 heteroatoms. The highest BCUT2D eigenvalue weighted by Gasteiger charge is 2.58. The molecule has 3 unspecified atom stereocenters. The largest absolute Gasteiger partial charge is 0.490 e. The van der Waals surface area contributed by atoms with Gasteiger partial charge >= 0.3 is 29.2 Å². The molecule has 33 heavy (non-hydrogen) atoms. The minimum atomic E-state index is -6.14. The van der Waals surface area contributed by atoms with Gasteiger partial charge in [-0.1, -0.05) is 5.92 Å². The van der Waals surface area contributed by atoms with Crippen LogP contribution in [0.1, 0.15) is 15.9 Å². The lowest BCUT2D eigenvalue weighted by atomic mass is 9.96. The molecular formula is C12H16F2N3O13P3. The summed E-state index contributed by atoms with van der Waals surface area (Å²) in [6.45, 7) is -2.76. The molecule has 2 heterocycles. The number of rotatable bonds is 8. The van der Waals surface area contributed by atoms with E-state index >= 15 is 4.39 Å². The third-order valence-electron chi connectivity index (χ3n) is 3.56. The number of phosphoric acid groups is 3. The third-order valence-corrected chi connectivity index (χ3v) is 7.22. The average Bonchev–Trinajstić information content (AvgIpc) is 2.86. The van der Waals surface area contributed by atoms with Gasteiger partial charge in [0.2, 0.25) is 5.67 Å². The summed E-state index contributed by atoms with van der Waals surface area (Å²) in [5.41, 5.74) is 0.292. The van der Waals surface area contributed by atoms with Gasteiger partial charge in [-0.15, -0.1) is 5.92 Å². The zero-order chi connectivity index (χ0) is 27.2. The molecule has 0 amide bonds. The second-order valence-corrected chi connectivity index (χ2v) is 10.3. The van der Waals surface area contributed by atoms with E-state index in [1.165, 1.54) is 0 Å². The lowest BCUT2D eigenvalue weighted by Gasteiger charge is -2.24. The molecule has 1 aromatic rings. The highest BCUT2D eigenvalue weighted by Crippen LogP contribution is 2.66. The van der Waals surface area contributed by atoms with Crippen molar-refractivity contribution in [3.05, 3.63) is 22.5 Å². The Balaban J connectivity index is 2.44. The van der Waals surface area contributed by atoms with Crippen LogP contribution in [0.2, 0.25) is 0 Å². The standard InChI is InChI=1S/C12H16F2N3O13P3/c1-2-3-12(14)8(18)7(28-10(12)17-4-6(13)9(15)16-11(17)19)5-27-32(23,24)30-33(25,26)29-31(20,21)22/h4,7-8,10,18H,5H2,1H3,(H,23,24)(H,25,26)(H2,15,16,19)(H2,20,21,22)/t7-,8+,10-,12?/m1/s1/i5D2. The van der Waals surface area contributed by atoms with Gasteiger partial charge in [-0.3, -0.25) is 9.09 Å². The Hall–Kier alpha value is -1.57. The minimum absolute atomic E-state index is 0.111. The smallest absolute Gasteiger partial charge is 0.386 e. The lowest BCUT2D eigenvalue weighted by molar-refractivity contribution is -0.0538. The van der Waals surface area contributed by atoms with Crippen LogP contribution in [-0.4, -0.2) is 58.7 Å². The quantitative estimate of drug-likeness (QED) is 0.175. The SMILES string of the molecule is [2H]C([2H])(OP(=O)(O)OP(=O)(O)OP(=O)(O)O)[C@H]1O[C@@H](n2cc(F)c(N)nc2=O)C(F)(C#CC)[C@H]1O. The molecule has 1 fully saturated rings. The molecule has 0 aliphatic carbocycles. The van der Waals surface area contributed by atoms with E-state index < -0.39 is 71.5 Å². The van der Waals surface area contributed by atoms with Crippen molar-refractivity contribution in [3.8, 4) is 11.8 Å². The number of anilines is 1. The van der Waals surface area contributed by atoms with E-state index in [9.17, 15) is 32.9 Å². The summed E-state index contributed by atoms with van der Waals surface area (Å²) in [7, 11) is -18.0. The molecule has 1 aliphatic heterocycles. The van der Waals surface area contributed by atoms with E-state index in [0.717, 1.165) is 6.92 Å². The van der Waals surface area contributed by atoms with Crippen molar-refractivity contribution in [3.63, 3.8) is 0 Å². The molecule has 6 atom stereocenters. The molecule has 0 saturated carbocycles. The number of phosphoric ester groups is 1. The maximum Gasteiger partial charge on any atom is 0.490 e. The zero-order valence-corrected chi connectivity index (χ0v) is 18.6. The minimum Gasteiger partial charge on any atom is -0.386 e. The molecule has 7 N–H and O–H groups in total. The normalized spacial score (nSPS) is 30.4. The van der Waals surface area contributed by atoms with Crippen molar-refractivity contribution in [2.75, 3.05) is 12.3 Å². The van der Waals surface area contributed by atoms with Gasteiger partial charge < -0.3 is 35.2 Å². The predicted octanol–water partition coefficient (Wildman–Crippen LogP) is -0.702. The number of nitrogen functional groups attached to an aromatic ring is 1. The molecule has 1 aliphatic rings. The first-order valence-electron chi connectivity index (χ1n) is 8.99. The number of alkyl halides is 1. The Morgan fingerprint density at radius 2 is 1.94 bits per heavy atom. The number of aliphatic hydroxyl groups excluding tert-OH is 1. The molecule has 186 valence electrons. The highest BCUT2D eigenvalue weighted by molar-refractivity contribution is 7.66. The molecular weight excluding hydrogens is 525 g/mol. The summed E-state index contributed by atoms with van der Waals surface area (Å²) in [5.74, 6) is 1.58. The number of halogens is 2. The van der Waals surface area contributed by atoms with Gasteiger partial charge in [0.1, 0.15) is 12.2 Å². The second-order valence-electron chi connectivity index (χ2n) is 5.96. The Morgan fingerprint density at radius 1 is 1.33 bits per heavy atom. The molecule has 16 nitrogen and oxygen atoms in total. The number of nitrogens with zero attached hydrogens (tertiary/aromatic N) is 2. The number of ether oxygens (including phenoxy) is 1. The van der Waals surface area contributed by atoms with E-state index in [0.29, 0.717) is 6.20 Å². The van der Waals surface area contributed by atoms with Crippen LogP contribution < -0.4 is 11.4 Å². The summed E-state index contributed by atoms with van der Waals surface area (Å²) < 4.78 is 95.0. The Kier molecular flexibility index (Phi) is 7.13. The Labute approximate surface area is 185 Å². The molecule has 0 radical (unpaired) electrons. The van der Waals surface area contributed by atoms with E-state index in [4.69, 9.17) is 27.9 Å². The summed E-state index contributed by atoms with van der Waals surface area (Å²) in [4.78, 5) is 50.9. The lowest BCUT2D eigenvalue weighted by Crippen LogP contribution is -2.44. The first-order valence-corrected chi connectivity index (χ1v) is 12.5. The van der Waals surface area contributed by atoms with Crippen LogP contribution in [0.15, 0.2) is 11.0 Å². The van der Waals surface area contributed by atoms with E-state index in [2.05, 4.69) is 18.1 Å². The number of aliphatic hydroxyl groups is 1. The Morgan fingerprint density at radius 3 is 2.48 bits per heavy atom. The van der Waals surface area contributed by atoms with Crippen LogP contribution >= 0.6 is 23.5 Å². The summed E-state index contributed by atoms with van der Waals surface area (Å²) in [6, 6.07) is 0. The van der Waals surface area contributed by atoms with Crippen LogP contribution in [0.3, 0.4) is 0 Å². The van der Waals surface area contributed by atoms with Crippen molar-refractivity contribution in [2.24, 2.45) is 0 Å². The van der Waals surface area contributed by atoms with Crippen LogP contribution in [-0.2, 0) is 31.6 Å². The van der Waals surface area contributed by atoms with Crippen LogP contribution in [0.5, 0.6) is 0 Å². The van der Waals surface area contributed by atoms with Gasteiger partial charge in [0.15, 0.2) is 17.9 Å². The van der Waals surface area contributed by atoms with E-state index in [1.807, 2.05) is 5.92 Å². The van der Waals surface area contributed by atoms with Crippen LogP contribution in [0, 0.1) is 17.7 Å². The van der Waals surface area contributed by atoms with Crippen molar-refractivity contribution >= 4 is 29.3 Å². The number of hydrogen-bond donors (Lipinski definition) is 6. The number of aromatic nitrogens is 2. The summed E-state index contributed by atoms with van der Waals surface area (Å²) in [6.07, 6.45) is -7.55. The molecule has 1 saturated heterocycles.